The Balaban J connectivity index is 2.55. The SMILES string of the molecule is CCS(=O)(=O)c1ncc(Cl)c(C(=O)Nc2sc(/C(C)=C\C#N)c(C)c2C(=O)OC)n1. The smallest absolute Gasteiger partial charge is 0.341 e. The zero-order valence-electron chi connectivity index (χ0n) is 16.4. The van der Waals surface area contributed by atoms with Crippen molar-refractivity contribution in [3.05, 3.63) is 39.0 Å². The Morgan fingerprint density at radius 2 is 2.10 bits per heavy atom. The third-order valence-corrected chi connectivity index (χ3v) is 7.13. The number of amides is 1. The highest BCUT2D eigenvalue weighted by Gasteiger charge is 2.26. The van der Waals surface area contributed by atoms with E-state index in [9.17, 15) is 18.0 Å². The maximum absolute atomic E-state index is 12.8. The van der Waals surface area contributed by atoms with Crippen molar-refractivity contribution < 1.29 is 22.7 Å². The molecule has 1 amide bonds. The highest BCUT2D eigenvalue weighted by molar-refractivity contribution is 7.91. The van der Waals surface area contributed by atoms with Gasteiger partial charge in [0.25, 0.3) is 5.91 Å². The van der Waals surface area contributed by atoms with Crippen LogP contribution in [0.3, 0.4) is 0 Å². The van der Waals surface area contributed by atoms with Gasteiger partial charge in [-0.1, -0.05) is 18.5 Å². The first kappa shape index (κ1) is 23.5. The molecule has 2 heterocycles. The maximum atomic E-state index is 12.8. The number of nitrogens with one attached hydrogen (secondary N) is 1. The van der Waals surface area contributed by atoms with Crippen LogP contribution in [-0.2, 0) is 14.6 Å². The Hall–Kier alpha value is -2.81. The molecule has 2 rings (SSSR count). The Morgan fingerprint density at radius 3 is 2.67 bits per heavy atom. The molecule has 0 saturated heterocycles. The predicted octanol–water partition coefficient (Wildman–Crippen LogP) is 3.26. The summed E-state index contributed by atoms with van der Waals surface area (Å²) in [7, 11) is -2.56. The molecule has 1 N–H and O–H groups in total. The first-order valence-electron chi connectivity index (χ1n) is 8.42. The van der Waals surface area contributed by atoms with Crippen LogP contribution >= 0.6 is 22.9 Å². The van der Waals surface area contributed by atoms with Crippen LogP contribution in [0.25, 0.3) is 5.57 Å². The van der Waals surface area contributed by atoms with Gasteiger partial charge in [-0.15, -0.1) is 11.3 Å². The van der Waals surface area contributed by atoms with E-state index in [0.717, 1.165) is 17.5 Å². The van der Waals surface area contributed by atoms with Crippen molar-refractivity contribution in [2.24, 2.45) is 0 Å². The van der Waals surface area contributed by atoms with E-state index in [2.05, 4.69) is 15.3 Å². The van der Waals surface area contributed by atoms with Crippen LogP contribution in [0, 0.1) is 18.3 Å². The molecule has 0 aliphatic heterocycles. The van der Waals surface area contributed by atoms with Gasteiger partial charge >= 0.3 is 5.97 Å². The number of carbonyl (C=O) groups excluding carboxylic acids is 2. The summed E-state index contributed by atoms with van der Waals surface area (Å²) in [5, 5.41) is 10.9. The van der Waals surface area contributed by atoms with Crippen molar-refractivity contribution in [2.45, 2.75) is 25.9 Å². The van der Waals surface area contributed by atoms with Crippen molar-refractivity contribution in [1.29, 1.82) is 5.26 Å². The number of sulfone groups is 1. The van der Waals surface area contributed by atoms with Gasteiger partial charge in [0, 0.05) is 11.0 Å². The fraction of sp³-hybridized carbons (Fsp3) is 0.278. The van der Waals surface area contributed by atoms with Gasteiger partial charge in [-0.3, -0.25) is 4.79 Å². The van der Waals surface area contributed by atoms with E-state index in [4.69, 9.17) is 21.6 Å². The lowest BCUT2D eigenvalue weighted by molar-refractivity contribution is 0.0601. The molecule has 0 radical (unpaired) electrons. The fourth-order valence-corrected chi connectivity index (χ4v) is 4.48. The van der Waals surface area contributed by atoms with Crippen LogP contribution in [0.2, 0.25) is 5.02 Å². The summed E-state index contributed by atoms with van der Waals surface area (Å²) in [5.74, 6) is -1.76. The molecule has 0 atom stereocenters. The topological polar surface area (TPSA) is 139 Å². The molecular formula is C18H17ClN4O5S2. The molecule has 0 aromatic carbocycles. The summed E-state index contributed by atoms with van der Waals surface area (Å²) >= 11 is 7.06. The van der Waals surface area contributed by atoms with Crippen LogP contribution in [0.4, 0.5) is 5.00 Å². The summed E-state index contributed by atoms with van der Waals surface area (Å²) in [5.41, 5.74) is 0.880. The standard InChI is InChI=1S/C18H17ClN4O5S2/c1-5-30(26,27)18-21-8-11(19)13(22-18)15(24)23-16-12(17(25)28-4)10(3)14(29-16)9(2)6-7-20/h6,8H,5H2,1-4H3,(H,23,24)/b9-6-. The summed E-state index contributed by atoms with van der Waals surface area (Å²) in [4.78, 5) is 33.1. The lowest BCUT2D eigenvalue weighted by Crippen LogP contribution is -2.19. The summed E-state index contributed by atoms with van der Waals surface area (Å²) in [6.07, 6.45) is 2.34. The summed E-state index contributed by atoms with van der Waals surface area (Å²) < 4.78 is 28.8. The van der Waals surface area contributed by atoms with E-state index in [0.29, 0.717) is 16.0 Å². The van der Waals surface area contributed by atoms with E-state index >= 15 is 0 Å². The third kappa shape index (κ3) is 4.67. The second kappa shape index (κ2) is 9.34. The van der Waals surface area contributed by atoms with E-state index in [1.54, 1.807) is 13.8 Å². The van der Waals surface area contributed by atoms with Crippen molar-refractivity contribution in [3.8, 4) is 6.07 Å². The summed E-state index contributed by atoms with van der Waals surface area (Å²) in [6, 6.07) is 1.91. The number of carbonyl (C=O) groups is 2. The molecule has 0 aliphatic carbocycles. The van der Waals surface area contributed by atoms with Gasteiger partial charge in [-0.25, -0.2) is 23.2 Å². The number of anilines is 1. The molecule has 12 heteroatoms. The Bertz CT molecular complexity index is 1200. The second-order valence-corrected chi connectivity index (χ2v) is 9.51. The van der Waals surface area contributed by atoms with Gasteiger partial charge in [0.2, 0.25) is 15.0 Å². The molecule has 30 heavy (non-hydrogen) atoms. The van der Waals surface area contributed by atoms with Gasteiger partial charge in [-0.2, -0.15) is 5.26 Å². The first-order chi connectivity index (χ1) is 14.1. The highest BCUT2D eigenvalue weighted by Crippen LogP contribution is 2.38. The monoisotopic (exact) mass is 468 g/mol. The summed E-state index contributed by atoms with van der Waals surface area (Å²) in [6.45, 7) is 4.77. The van der Waals surface area contributed by atoms with E-state index in [1.165, 1.54) is 20.1 Å². The van der Waals surface area contributed by atoms with Crippen LogP contribution in [-0.4, -0.2) is 43.1 Å². The number of ether oxygens (including phenoxy) is 1. The lowest BCUT2D eigenvalue weighted by Gasteiger charge is -2.08. The van der Waals surface area contributed by atoms with Crippen LogP contribution in [0.15, 0.2) is 17.4 Å². The molecule has 0 spiro atoms. The number of hydrogen-bond acceptors (Lipinski definition) is 9. The number of thiophene rings is 1. The largest absolute Gasteiger partial charge is 0.465 e. The van der Waals surface area contributed by atoms with Gasteiger partial charge in [0.1, 0.15) is 5.00 Å². The van der Waals surface area contributed by atoms with Gasteiger partial charge in [0.05, 0.1) is 35.7 Å². The number of nitrogens with zero attached hydrogens (tertiary/aromatic N) is 3. The fourth-order valence-electron chi connectivity index (χ4n) is 2.44. The Kier molecular flexibility index (Phi) is 7.30. The molecule has 0 bridgehead atoms. The highest BCUT2D eigenvalue weighted by atomic mass is 35.5. The van der Waals surface area contributed by atoms with E-state index in [1.807, 2.05) is 6.07 Å². The Morgan fingerprint density at radius 1 is 1.43 bits per heavy atom. The molecular weight excluding hydrogens is 452 g/mol. The average Bonchev–Trinajstić information content (AvgIpc) is 3.03. The predicted molar refractivity (Wildman–Crippen MR) is 112 cm³/mol. The van der Waals surface area contributed by atoms with Gasteiger partial charge in [-0.05, 0) is 25.0 Å². The maximum Gasteiger partial charge on any atom is 0.341 e. The number of rotatable bonds is 6. The zero-order chi connectivity index (χ0) is 22.6. The van der Waals surface area contributed by atoms with E-state index in [-0.39, 0.29) is 27.0 Å². The third-order valence-electron chi connectivity index (χ3n) is 4.00. The average molecular weight is 469 g/mol. The quantitative estimate of drug-likeness (QED) is 0.387. The minimum Gasteiger partial charge on any atom is -0.465 e. The van der Waals surface area contributed by atoms with Gasteiger partial charge < -0.3 is 10.1 Å². The number of halogens is 1. The molecule has 0 aliphatic rings. The van der Waals surface area contributed by atoms with Crippen molar-refractivity contribution in [2.75, 3.05) is 18.2 Å². The molecule has 0 unspecified atom stereocenters. The van der Waals surface area contributed by atoms with E-state index < -0.39 is 26.9 Å². The number of methoxy groups -OCH3 is 1. The molecule has 2 aromatic heterocycles. The zero-order valence-corrected chi connectivity index (χ0v) is 18.8. The number of hydrogen-bond donors (Lipinski definition) is 1. The normalized spacial score (nSPS) is 11.7. The minimum absolute atomic E-state index is 0.114. The minimum atomic E-state index is -3.76. The number of allylic oxidation sites excluding steroid dienone is 2. The molecule has 0 saturated carbocycles. The molecule has 0 fully saturated rings. The Labute approximate surface area is 182 Å². The lowest BCUT2D eigenvalue weighted by atomic mass is 10.1. The van der Waals surface area contributed by atoms with Crippen LogP contribution < -0.4 is 5.32 Å². The number of esters is 1. The number of aromatic nitrogens is 2. The molecule has 9 nitrogen and oxygen atoms in total. The van der Waals surface area contributed by atoms with Crippen molar-refractivity contribution >= 4 is 55.2 Å². The van der Waals surface area contributed by atoms with Crippen molar-refractivity contribution in [3.63, 3.8) is 0 Å². The van der Waals surface area contributed by atoms with Crippen LogP contribution in [0.5, 0.6) is 0 Å². The second-order valence-electron chi connectivity index (χ2n) is 5.92. The van der Waals surface area contributed by atoms with Crippen molar-refractivity contribution in [1.82, 2.24) is 9.97 Å². The number of nitriles is 1. The first-order valence-corrected chi connectivity index (χ1v) is 11.3. The molecule has 2 aromatic rings. The molecule has 158 valence electrons. The van der Waals surface area contributed by atoms with Crippen LogP contribution in [0.1, 0.15) is 45.1 Å². The van der Waals surface area contributed by atoms with Gasteiger partial charge in [0.15, 0.2) is 5.69 Å².